The summed E-state index contributed by atoms with van der Waals surface area (Å²) in [4.78, 5) is 40.5. The summed E-state index contributed by atoms with van der Waals surface area (Å²) in [5.74, 6) is -1.38. The number of halogens is 1. The van der Waals surface area contributed by atoms with Gasteiger partial charge in [0, 0.05) is 13.1 Å². The highest BCUT2D eigenvalue weighted by Crippen LogP contribution is 2.31. The summed E-state index contributed by atoms with van der Waals surface area (Å²) in [6.45, 7) is 4.45. The van der Waals surface area contributed by atoms with Gasteiger partial charge in [-0.05, 0) is 59.3 Å². The van der Waals surface area contributed by atoms with Gasteiger partial charge in [-0.3, -0.25) is 14.4 Å². The molecule has 0 spiro atoms. The lowest BCUT2D eigenvalue weighted by Gasteiger charge is -2.31. The van der Waals surface area contributed by atoms with Gasteiger partial charge in [-0.15, -0.1) is 0 Å². The van der Waals surface area contributed by atoms with Gasteiger partial charge in [-0.25, -0.2) is 4.39 Å². The second-order valence-electron chi connectivity index (χ2n) is 8.85. The van der Waals surface area contributed by atoms with Crippen LogP contribution in [0.1, 0.15) is 57.6 Å². The number of primary amides is 1. The van der Waals surface area contributed by atoms with Crippen LogP contribution < -0.4 is 21.5 Å². The smallest absolute Gasteiger partial charge is 0.270 e. The highest BCUT2D eigenvalue weighted by molar-refractivity contribution is 7.09. The molecule has 0 fully saturated rings. The molecule has 3 rings (SSSR count). The number of nitrogen functional groups attached to an aromatic ring is 1. The molecule has 0 radical (unpaired) electrons. The zero-order chi connectivity index (χ0) is 27.1. The fourth-order valence-corrected chi connectivity index (χ4v) is 4.43. The number of benzene rings is 2. The number of anilines is 1. The standard InChI is InChI=1S/C26H30FN5O4S/c1-15(2)12-13-30-25(34)22(17-6-10-19(36-3)11-7-17)32(14-16-4-8-18(27)9-5-16)26(35)23-20(28)21(24(29)33)31-37-23/h4-11,15,22H,12-14,28H2,1-3H3,(H2,29,33)(H,30,34)/t22-/m0/s1. The maximum Gasteiger partial charge on any atom is 0.270 e. The number of aromatic nitrogens is 1. The molecule has 5 N–H and O–H groups in total. The zero-order valence-corrected chi connectivity index (χ0v) is 21.7. The summed E-state index contributed by atoms with van der Waals surface area (Å²) in [5.41, 5.74) is 12.1. The Balaban J connectivity index is 2.09. The number of hydrogen-bond acceptors (Lipinski definition) is 7. The van der Waals surface area contributed by atoms with Gasteiger partial charge in [0.2, 0.25) is 5.91 Å². The van der Waals surface area contributed by atoms with Crippen molar-refractivity contribution in [3.63, 3.8) is 0 Å². The monoisotopic (exact) mass is 527 g/mol. The van der Waals surface area contributed by atoms with E-state index in [1.54, 1.807) is 24.3 Å². The average Bonchev–Trinajstić information content (AvgIpc) is 3.26. The van der Waals surface area contributed by atoms with Gasteiger partial charge >= 0.3 is 0 Å². The Morgan fingerprint density at radius 1 is 1.11 bits per heavy atom. The van der Waals surface area contributed by atoms with Crippen LogP contribution in [0.25, 0.3) is 0 Å². The van der Waals surface area contributed by atoms with Gasteiger partial charge in [-0.1, -0.05) is 38.1 Å². The minimum atomic E-state index is -1.07. The van der Waals surface area contributed by atoms with Crippen LogP contribution >= 0.6 is 11.5 Å². The van der Waals surface area contributed by atoms with Gasteiger partial charge in [0.05, 0.1) is 12.8 Å². The van der Waals surface area contributed by atoms with Crippen molar-refractivity contribution in [3.05, 3.63) is 76.0 Å². The van der Waals surface area contributed by atoms with Crippen LogP contribution in [0.3, 0.4) is 0 Å². The van der Waals surface area contributed by atoms with Crippen LogP contribution in [0.5, 0.6) is 5.75 Å². The number of nitrogens with zero attached hydrogens (tertiary/aromatic N) is 2. The Bertz CT molecular complexity index is 1240. The molecule has 9 nitrogen and oxygen atoms in total. The topological polar surface area (TPSA) is 141 Å². The van der Waals surface area contributed by atoms with Crippen molar-refractivity contribution in [1.29, 1.82) is 0 Å². The number of methoxy groups -OCH3 is 1. The van der Waals surface area contributed by atoms with Crippen molar-refractivity contribution < 1.29 is 23.5 Å². The molecule has 196 valence electrons. The quantitative estimate of drug-likeness (QED) is 0.349. The summed E-state index contributed by atoms with van der Waals surface area (Å²) in [6, 6.07) is 11.3. The summed E-state index contributed by atoms with van der Waals surface area (Å²) in [6.07, 6.45) is 0.747. The third-order valence-corrected chi connectivity index (χ3v) is 6.55. The Morgan fingerprint density at radius 2 is 1.76 bits per heavy atom. The molecule has 0 aliphatic carbocycles. The molecule has 3 aromatic rings. The molecule has 2 aromatic carbocycles. The van der Waals surface area contributed by atoms with E-state index in [1.807, 2.05) is 13.8 Å². The van der Waals surface area contributed by atoms with Gasteiger partial charge in [0.15, 0.2) is 5.69 Å². The Kier molecular flexibility index (Phi) is 9.18. The van der Waals surface area contributed by atoms with E-state index in [4.69, 9.17) is 16.2 Å². The van der Waals surface area contributed by atoms with Crippen LogP contribution in [0.15, 0.2) is 48.5 Å². The Morgan fingerprint density at radius 3 is 2.30 bits per heavy atom. The second kappa shape index (κ2) is 12.3. The molecule has 0 aliphatic rings. The molecule has 1 heterocycles. The predicted molar refractivity (Wildman–Crippen MR) is 140 cm³/mol. The van der Waals surface area contributed by atoms with Crippen molar-refractivity contribution in [3.8, 4) is 5.75 Å². The first-order valence-corrected chi connectivity index (χ1v) is 12.4. The summed E-state index contributed by atoms with van der Waals surface area (Å²) >= 11 is 0.727. The Hall–Kier alpha value is -3.99. The summed E-state index contributed by atoms with van der Waals surface area (Å²) in [5, 5.41) is 2.92. The van der Waals surface area contributed by atoms with E-state index in [9.17, 15) is 18.8 Å². The van der Waals surface area contributed by atoms with Gasteiger partial charge in [0.25, 0.3) is 11.8 Å². The van der Waals surface area contributed by atoms with Crippen molar-refractivity contribution >= 4 is 34.9 Å². The third-order valence-electron chi connectivity index (χ3n) is 5.70. The first-order valence-electron chi connectivity index (χ1n) is 11.6. The molecule has 0 saturated heterocycles. The number of rotatable bonds is 11. The molecular formula is C26H30FN5O4S. The molecule has 11 heteroatoms. The molecule has 0 aliphatic heterocycles. The van der Waals surface area contributed by atoms with E-state index in [1.165, 1.54) is 36.3 Å². The van der Waals surface area contributed by atoms with E-state index in [0.29, 0.717) is 29.3 Å². The van der Waals surface area contributed by atoms with E-state index in [0.717, 1.165) is 18.0 Å². The van der Waals surface area contributed by atoms with Crippen LogP contribution in [-0.4, -0.2) is 40.6 Å². The molecule has 37 heavy (non-hydrogen) atoms. The lowest BCUT2D eigenvalue weighted by atomic mass is 10.0. The van der Waals surface area contributed by atoms with E-state index < -0.39 is 29.6 Å². The first kappa shape index (κ1) is 27.6. The lowest BCUT2D eigenvalue weighted by Crippen LogP contribution is -2.43. The van der Waals surface area contributed by atoms with Gasteiger partial charge < -0.3 is 26.4 Å². The fraction of sp³-hybridized carbons (Fsp3) is 0.308. The van der Waals surface area contributed by atoms with Crippen molar-refractivity contribution in [1.82, 2.24) is 14.6 Å². The fourth-order valence-electron chi connectivity index (χ4n) is 3.67. The number of carbonyl (C=O) groups excluding carboxylic acids is 3. The molecule has 0 bridgehead atoms. The molecule has 1 atom stereocenters. The molecule has 1 aromatic heterocycles. The number of nitrogens with one attached hydrogen (secondary N) is 1. The summed E-state index contributed by atoms with van der Waals surface area (Å²) < 4.78 is 22.8. The maximum absolute atomic E-state index is 13.9. The van der Waals surface area contributed by atoms with Gasteiger partial charge in [0.1, 0.15) is 22.5 Å². The van der Waals surface area contributed by atoms with Crippen LogP contribution in [0, 0.1) is 11.7 Å². The van der Waals surface area contributed by atoms with Crippen molar-refractivity contribution in [2.24, 2.45) is 11.7 Å². The normalized spacial score (nSPS) is 11.7. The minimum absolute atomic E-state index is 0.0237. The molecule has 0 saturated carbocycles. The minimum Gasteiger partial charge on any atom is -0.497 e. The maximum atomic E-state index is 13.9. The highest BCUT2D eigenvalue weighted by Gasteiger charge is 2.35. The molecule has 3 amide bonds. The molecule has 0 unspecified atom stereocenters. The number of carbonyl (C=O) groups is 3. The SMILES string of the molecule is COc1ccc([C@@H](C(=O)NCCC(C)C)N(Cc2ccc(F)cc2)C(=O)c2snc(C(N)=O)c2N)cc1. The van der Waals surface area contributed by atoms with Crippen LogP contribution in [-0.2, 0) is 11.3 Å². The Labute approximate surface area is 218 Å². The number of hydrogen-bond donors (Lipinski definition) is 3. The van der Waals surface area contributed by atoms with Crippen molar-refractivity contribution in [2.75, 3.05) is 19.4 Å². The van der Waals surface area contributed by atoms with Crippen LogP contribution in [0.2, 0.25) is 0 Å². The summed E-state index contributed by atoms with van der Waals surface area (Å²) in [7, 11) is 1.53. The van der Waals surface area contributed by atoms with Crippen molar-refractivity contribution in [2.45, 2.75) is 32.9 Å². The van der Waals surface area contributed by atoms with E-state index in [2.05, 4.69) is 9.69 Å². The van der Waals surface area contributed by atoms with Crippen LogP contribution in [0.4, 0.5) is 10.1 Å². The second-order valence-corrected chi connectivity index (χ2v) is 9.62. The largest absolute Gasteiger partial charge is 0.497 e. The first-order chi connectivity index (χ1) is 17.6. The number of ether oxygens (including phenoxy) is 1. The highest BCUT2D eigenvalue weighted by atomic mass is 32.1. The number of amides is 3. The lowest BCUT2D eigenvalue weighted by molar-refractivity contribution is -0.126. The van der Waals surface area contributed by atoms with E-state index in [-0.39, 0.29) is 22.8 Å². The van der Waals surface area contributed by atoms with E-state index >= 15 is 0 Å². The van der Waals surface area contributed by atoms with Gasteiger partial charge in [-0.2, -0.15) is 4.37 Å². The average molecular weight is 528 g/mol. The molecular weight excluding hydrogens is 497 g/mol. The zero-order valence-electron chi connectivity index (χ0n) is 20.9. The third kappa shape index (κ3) is 6.82. The number of nitrogens with two attached hydrogens (primary N) is 2. The predicted octanol–water partition coefficient (Wildman–Crippen LogP) is 3.52.